The predicted molar refractivity (Wildman–Crippen MR) is 30.7 cm³/mol. The van der Waals surface area contributed by atoms with Crippen molar-refractivity contribution in [2.24, 2.45) is 0 Å². The van der Waals surface area contributed by atoms with Gasteiger partial charge in [0, 0.05) is 5.75 Å². The van der Waals surface area contributed by atoms with Gasteiger partial charge >= 0.3 is 7.60 Å². The van der Waals surface area contributed by atoms with E-state index in [1.807, 2.05) is 0 Å². The van der Waals surface area contributed by atoms with E-state index in [9.17, 15) is 13.3 Å². The molecule has 0 aliphatic heterocycles. The Kier molecular flexibility index (Phi) is 3.53. The van der Waals surface area contributed by atoms with Crippen molar-refractivity contribution in [3.05, 3.63) is 0 Å². The highest BCUT2D eigenvalue weighted by atomic mass is 32.2. The van der Waals surface area contributed by atoms with Crippen molar-refractivity contribution in [1.29, 1.82) is 0 Å². The zero-order valence-electron chi connectivity index (χ0n) is 4.39. The first-order chi connectivity index (χ1) is 3.92. The molecule has 0 bridgehead atoms. The molecule has 0 aliphatic carbocycles. The molecule has 56 valence electrons. The summed E-state index contributed by atoms with van der Waals surface area (Å²) < 4.78 is 29.4. The topological polar surface area (TPSA) is 97.7 Å². The maximum absolute atomic E-state index is 9.96. The smallest absolute Gasteiger partial charge is 0.326 e. The highest BCUT2D eigenvalue weighted by molar-refractivity contribution is 7.79. The van der Waals surface area contributed by atoms with Gasteiger partial charge in [0.1, 0.15) is 0 Å². The lowest BCUT2D eigenvalue weighted by molar-refractivity contribution is 0.374. The van der Waals surface area contributed by atoms with Crippen molar-refractivity contribution in [3.8, 4) is 0 Å². The molecular weight excluding hydrogens is 167 g/mol. The molecule has 2 N–H and O–H groups in total. The van der Waals surface area contributed by atoms with Gasteiger partial charge in [0.25, 0.3) is 0 Å². The molecule has 0 fully saturated rings. The van der Waals surface area contributed by atoms with Crippen LogP contribution in [0, 0.1) is 0 Å². The molecule has 0 saturated carbocycles. The van der Waals surface area contributed by atoms with Crippen LogP contribution in [0.1, 0.15) is 0 Å². The summed E-state index contributed by atoms with van der Waals surface area (Å²) in [6, 6.07) is 0. The first-order valence-electron chi connectivity index (χ1n) is 2.02. The molecule has 9 heavy (non-hydrogen) atoms. The largest absolute Gasteiger partial charge is 0.772 e. The maximum Gasteiger partial charge on any atom is 0.326 e. The van der Waals surface area contributed by atoms with Gasteiger partial charge in [0.15, 0.2) is 0 Å². The fourth-order valence-electron chi connectivity index (χ4n) is 0.193. The second kappa shape index (κ2) is 3.43. The van der Waals surface area contributed by atoms with Gasteiger partial charge in [-0.25, -0.2) is 0 Å². The average Bonchev–Trinajstić information content (AvgIpc) is 1.59. The second-order valence-corrected chi connectivity index (χ2v) is 4.19. The summed E-state index contributed by atoms with van der Waals surface area (Å²) in [6.45, 7) is 0. The Hall–Kier alpha value is 0.260. The van der Waals surface area contributed by atoms with Gasteiger partial charge in [-0.2, -0.15) is 0 Å². The van der Waals surface area contributed by atoms with Gasteiger partial charge < -0.3 is 14.3 Å². The van der Waals surface area contributed by atoms with Crippen LogP contribution < -0.4 is 0 Å². The minimum absolute atomic E-state index is 0.482. The van der Waals surface area contributed by atoms with Crippen molar-refractivity contribution >= 4 is 18.7 Å². The van der Waals surface area contributed by atoms with E-state index in [0.29, 0.717) is 0 Å². The summed E-state index contributed by atoms with van der Waals surface area (Å²) in [5.41, 5.74) is 0. The van der Waals surface area contributed by atoms with Crippen LogP contribution in [0.2, 0.25) is 0 Å². The Morgan fingerprint density at radius 3 is 2.11 bits per heavy atom. The zero-order chi connectivity index (χ0) is 7.49. The Bertz CT molecular complexity index is 149. The van der Waals surface area contributed by atoms with Crippen LogP contribution in [0.4, 0.5) is 0 Å². The van der Waals surface area contributed by atoms with E-state index < -0.39 is 30.6 Å². The third-order valence-corrected chi connectivity index (χ3v) is 2.20. The molecule has 0 heterocycles. The summed E-state index contributed by atoms with van der Waals surface area (Å²) in [7, 11) is -4.11. The van der Waals surface area contributed by atoms with E-state index in [1.54, 1.807) is 0 Å². The lowest BCUT2D eigenvalue weighted by Crippen LogP contribution is -2.01. The van der Waals surface area contributed by atoms with Crippen LogP contribution in [0.5, 0.6) is 0 Å². The van der Waals surface area contributed by atoms with Crippen molar-refractivity contribution in [2.75, 3.05) is 11.9 Å². The Labute approximate surface area is 54.5 Å². The van der Waals surface area contributed by atoms with Crippen molar-refractivity contribution in [2.45, 2.75) is 0 Å². The Morgan fingerprint density at radius 1 is 1.56 bits per heavy atom. The molecule has 0 aliphatic rings. The van der Waals surface area contributed by atoms with E-state index in [1.165, 1.54) is 0 Å². The second-order valence-electron chi connectivity index (χ2n) is 1.40. The minimum atomic E-state index is -4.11. The molecular formula is C2H6O5PS-. The zero-order valence-corrected chi connectivity index (χ0v) is 6.10. The van der Waals surface area contributed by atoms with Gasteiger partial charge in [-0.3, -0.25) is 8.77 Å². The third-order valence-electron chi connectivity index (χ3n) is 0.549. The van der Waals surface area contributed by atoms with E-state index in [-0.39, 0.29) is 0 Å². The SMILES string of the molecule is O=S([O-])CCP(=O)(O)O. The molecule has 1 atom stereocenters. The van der Waals surface area contributed by atoms with Crippen LogP contribution in [-0.4, -0.2) is 30.5 Å². The standard InChI is InChI=1S/C2H7O5PS/c3-8(4,5)1-2-9(6)7/h1-2H2,(H,6,7)(H2,3,4,5)/p-1. The first kappa shape index (κ1) is 9.26. The quantitative estimate of drug-likeness (QED) is 0.423. The highest BCUT2D eigenvalue weighted by Gasteiger charge is 2.10. The highest BCUT2D eigenvalue weighted by Crippen LogP contribution is 2.33. The van der Waals surface area contributed by atoms with Gasteiger partial charge in [0.2, 0.25) is 0 Å². The van der Waals surface area contributed by atoms with E-state index >= 15 is 0 Å². The number of hydrogen-bond acceptors (Lipinski definition) is 3. The van der Waals surface area contributed by atoms with E-state index in [2.05, 4.69) is 0 Å². The van der Waals surface area contributed by atoms with Crippen LogP contribution in [0.15, 0.2) is 0 Å². The molecule has 0 radical (unpaired) electrons. The molecule has 1 unspecified atom stereocenters. The minimum Gasteiger partial charge on any atom is -0.772 e. The molecule has 0 amide bonds. The van der Waals surface area contributed by atoms with Gasteiger partial charge in [-0.15, -0.1) is 0 Å². The van der Waals surface area contributed by atoms with Crippen molar-refractivity contribution < 1.29 is 23.1 Å². The Morgan fingerprint density at radius 2 is 2.00 bits per heavy atom. The molecule has 0 aromatic carbocycles. The normalized spacial score (nSPS) is 15.4. The van der Waals surface area contributed by atoms with Crippen LogP contribution >= 0.6 is 7.60 Å². The van der Waals surface area contributed by atoms with Crippen LogP contribution in [0.3, 0.4) is 0 Å². The molecule has 7 heteroatoms. The first-order valence-corrected chi connectivity index (χ1v) is 5.06. The van der Waals surface area contributed by atoms with Gasteiger partial charge in [-0.05, 0) is 0 Å². The maximum atomic E-state index is 9.96. The molecule has 0 saturated heterocycles. The van der Waals surface area contributed by atoms with Gasteiger partial charge in [-0.1, -0.05) is 11.1 Å². The molecule has 0 rings (SSSR count). The van der Waals surface area contributed by atoms with Crippen LogP contribution in [-0.2, 0) is 15.6 Å². The summed E-state index contributed by atoms with van der Waals surface area (Å²) >= 11 is -2.35. The summed E-state index contributed by atoms with van der Waals surface area (Å²) in [4.78, 5) is 16.2. The predicted octanol–water partition coefficient (Wildman–Crippen LogP) is -0.957. The third kappa shape index (κ3) is 8.26. The summed E-state index contributed by atoms with van der Waals surface area (Å²) in [6.07, 6.45) is -0.594. The molecule has 0 aromatic heterocycles. The number of hydrogen-bond donors (Lipinski definition) is 2. The summed E-state index contributed by atoms with van der Waals surface area (Å²) in [5, 5.41) is 0. The van der Waals surface area contributed by atoms with E-state index in [4.69, 9.17) is 9.79 Å². The lowest BCUT2D eigenvalue weighted by Gasteiger charge is -2.04. The van der Waals surface area contributed by atoms with Crippen LogP contribution in [0.25, 0.3) is 0 Å². The summed E-state index contributed by atoms with van der Waals surface area (Å²) in [5.74, 6) is -0.482. The molecule has 0 aromatic rings. The fraction of sp³-hybridized carbons (Fsp3) is 1.00. The average molecular weight is 173 g/mol. The molecule has 0 spiro atoms. The Balaban J connectivity index is 3.53. The van der Waals surface area contributed by atoms with Gasteiger partial charge in [0.05, 0.1) is 6.16 Å². The van der Waals surface area contributed by atoms with E-state index in [0.717, 1.165) is 0 Å². The lowest BCUT2D eigenvalue weighted by atomic mass is 11.0. The molecule has 5 nitrogen and oxygen atoms in total. The fourth-order valence-corrected chi connectivity index (χ4v) is 1.74. The number of rotatable bonds is 3. The monoisotopic (exact) mass is 173 g/mol. The van der Waals surface area contributed by atoms with Crippen molar-refractivity contribution in [1.82, 2.24) is 0 Å². The van der Waals surface area contributed by atoms with Crippen molar-refractivity contribution in [3.63, 3.8) is 0 Å².